The van der Waals surface area contributed by atoms with E-state index in [1.165, 1.54) is 12.5 Å². The van der Waals surface area contributed by atoms with Crippen molar-refractivity contribution in [3.8, 4) is 0 Å². The van der Waals surface area contributed by atoms with Gasteiger partial charge in [-0.15, -0.1) is 0 Å². The Labute approximate surface area is 108 Å². The summed E-state index contributed by atoms with van der Waals surface area (Å²) in [5, 5.41) is 12.3. The highest BCUT2D eigenvalue weighted by Crippen LogP contribution is 2.24. The van der Waals surface area contributed by atoms with Crippen LogP contribution in [0, 0.1) is 11.3 Å². The number of hydrogen-bond acceptors (Lipinski definition) is 4. The van der Waals surface area contributed by atoms with Crippen molar-refractivity contribution >= 4 is 5.97 Å². The number of aromatic carboxylic acids is 1. The molecule has 0 aliphatic heterocycles. The van der Waals surface area contributed by atoms with Crippen molar-refractivity contribution in [1.82, 2.24) is 15.3 Å². The Balaban J connectivity index is 2.62. The molecule has 0 aromatic carbocycles. The van der Waals surface area contributed by atoms with Crippen LogP contribution in [0.15, 0.2) is 12.5 Å². The molecule has 2 N–H and O–H groups in total. The number of carboxylic acids is 1. The van der Waals surface area contributed by atoms with Crippen molar-refractivity contribution in [2.24, 2.45) is 11.3 Å². The topological polar surface area (TPSA) is 75.1 Å². The van der Waals surface area contributed by atoms with E-state index in [2.05, 4.69) is 43.0 Å². The largest absolute Gasteiger partial charge is 0.478 e. The number of rotatable bonds is 6. The second kappa shape index (κ2) is 5.91. The predicted molar refractivity (Wildman–Crippen MR) is 69.3 cm³/mol. The fraction of sp³-hybridized carbons (Fsp3) is 0.615. The van der Waals surface area contributed by atoms with Crippen molar-refractivity contribution < 1.29 is 9.90 Å². The molecule has 100 valence electrons. The smallest absolute Gasteiger partial charge is 0.339 e. The van der Waals surface area contributed by atoms with Gasteiger partial charge in [0.2, 0.25) is 0 Å². The molecule has 0 aliphatic carbocycles. The van der Waals surface area contributed by atoms with Gasteiger partial charge in [0, 0.05) is 19.3 Å². The Morgan fingerprint density at radius 3 is 2.72 bits per heavy atom. The van der Waals surface area contributed by atoms with Gasteiger partial charge in [-0.25, -0.2) is 14.8 Å². The first-order chi connectivity index (χ1) is 8.34. The third kappa shape index (κ3) is 3.77. The lowest BCUT2D eigenvalue weighted by Crippen LogP contribution is -2.33. The minimum Gasteiger partial charge on any atom is -0.478 e. The Bertz CT molecular complexity index is 416. The van der Waals surface area contributed by atoms with Crippen LogP contribution in [0.1, 0.15) is 43.7 Å². The fourth-order valence-corrected chi connectivity index (χ4v) is 1.38. The second-order valence-corrected chi connectivity index (χ2v) is 5.44. The van der Waals surface area contributed by atoms with Gasteiger partial charge >= 0.3 is 5.97 Å². The first-order valence-electron chi connectivity index (χ1n) is 6.07. The Morgan fingerprint density at radius 2 is 2.17 bits per heavy atom. The molecule has 0 bridgehead atoms. The summed E-state index contributed by atoms with van der Waals surface area (Å²) >= 11 is 0. The van der Waals surface area contributed by atoms with Gasteiger partial charge in [-0.1, -0.05) is 27.7 Å². The molecule has 1 heterocycles. The van der Waals surface area contributed by atoms with E-state index in [1.807, 2.05) is 0 Å². The lowest BCUT2D eigenvalue weighted by atomic mass is 9.81. The molecule has 0 amide bonds. The standard InChI is InChI=1S/C13H21N3O2/c1-9(2)13(3,4)7-14-6-11-10(12(17)18)5-15-8-16-11/h5,8-9,14H,6-7H2,1-4H3,(H,17,18). The highest BCUT2D eigenvalue weighted by atomic mass is 16.4. The van der Waals surface area contributed by atoms with Crippen molar-refractivity contribution in [2.75, 3.05) is 6.54 Å². The average Bonchev–Trinajstić information content (AvgIpc) is 2.29. The molecular weight excluding hydrogens is 230 g/mol. The van der Waals surface area contributed by atoms with Gasteiger partial charge in [0.05, 0.1) is 5.69 Å². The summed E-state index contributed by atoms with van der Waals surface area (Å²) in [6.07, 6.45) is 2.71. The average molecular weight is 251 g/mol. The highest BCUT2D eigenvalue weighted by Gasteiger charge is 2.22. The molecule has 5 nitrogen and oxygen atoms in total. The number of nitrogens with zero attached hydrogens (tertiary/aromatic N) is 2. The van der Waals surface area contributed by atoms with Crippen LogP contribution >= 0.6 is 0 Å². The van der Waals surface area contributed by atoms with Crippen molar-refractivity contribution in [3.63, 3.8) is 0 Å². The van der Waals surface area contributed by atoms with E-state index in [1.54, 1.807) is 0 Å². The van der Waals surface area contributed by atoms with E-state index in [0.717, 1.165) is 6.54 Å². The SMILES string of the molecule is CC(C)C(C)(C)CNCc1ncncc1C(=O)O. The normalized spacial score (nSPS) is 11.8. The van der Waals surface area contributed by atoms with Gasteiger partial charge in [0.15, 0.2) is 0 Å². The lowest BCUT2D eigenvalue weighted by molar-refractivity contribution is 0.0694. The summed E-state index contributed by atoms with van der Waals surface area (Å²) in [5.74, 6) is -0.440. The van der Waals surface area contributed by atoms with Crippen molar-refractivity contribution in [3.05, 3.63) is 23.8 Å². The Morgan fingerprint density at radius 1 is 1.50 bits per heavy atom. The van der Waals surface area contributed by atoms with Crippen LogP contribution in [0.4, 0.5) is 0 Å². The summed E-state index contributed by atoms with van der Waals surface area (Å²) in [7, 11) is 0. The second-order valence-electron chi connectivity index (χ2n) is 5.44. The molecular formula is C13H21N3O2. The van der Waals surface area contributed by atoms with Crippen LogP contribution < -0.4 is 5.32 Å². The zero-order chi connectivity index (χ0) is 13.8. The Hall–Kier alpha value is -1.49. The molecule has 0 saturated carbocycles. The fourth-order valence-electron chi connectivity index (χ4n) is 1.38. The number of nitrogens with one attached hydrogen (secondary N) is 1. The number of carbonyl (C=O) groups is 1. The first kappa shape index (κ1) is 14.6. The molecule has 5 heteroatoms. The van der Waals surface area contributed by atoms with E-state index in [0.29, 0.717) is 18.2 Å². The minimum absolute atomic E-state index is 0.160. The van der Waals surface area contributed by atoms with Gasteiger partial charge in [-0.2, -0.15) is 0 Å². The monoisotopic (exact) mass is 251 g/mol. The van der Waals surface area contributed by atoms with Crippen LogP contribution in [-0.2, 0) is 6.54 Å². The van der Waals surface area contributed by atoms with Gasteiger partial charge in [0.25, 0.3) is 0 Å². The van der Waals surface area contributed by atoms with Gasteiger partial charge in [0.1, 0.15) is 11.9 Å². The third-order valence-electron chi connectivity index (χ3n) is 3.46. The molecule has 0 radical (unpaired) electrons. The maximum absolute atomic E-state index is 11.0. The van der Waals surface area contributed by atoms with Crippen molar-refractivity contribution in [2.45, 2.75) is 34.2 Å². The van der Waals surface area contributed by atoms with Crippen LogP contribution in [0.5, 0.6) is 0 Å². The summed E-state index contributed by atoms with van der Waals surface area (Å²) in [5.41, 5.74) is 0.848. The van der Waals surface area contributed by atoms with E-state index < -0.39 is 5.97 Å². The quantitative estimate of drug-likeness (QED) is 0.808. The molecule has 0 fully saturated rings. The first-order valence-corrected chi connectivity index (χ1v) is 6.07. The molecule has 1 rings (SSSR count). The van der Waals surface area contributed by atoms with E-state index >= 15 is 0 Å². The molecule has 1 aromatic rings. The number of hydrogen-bond donors (Lipinski definition) is 2. The molecule has 0 aliphatic rings. The molecule has 0 atom stereocenters. The van der Waals surface area contributed by atoms with Crippen LogP contribution in [0.25, 0.3) is 0 Å². The van der Waals surface area contributed by atoms with Gasteiger partial charge in [-0.05, 0) is 11.3 Å². The molecule has 0 saturated heterocycles. The molecule has 0 unspecified atom stereocenters. The van der Waals surface area contributed by atoms with E-state index in [9.17, 15) is 4.79 Å². The van der Waals surface area contributed by atoms with E-state index in [4.69, 9.17) is 5.11 Å². The molecule has 1 aromatic heterocycles. The number of carboxylic acid groups (broad SMARTS) is 1. The van der Waals surface area contributed by atoms with Crippen LogP contribution in [0.2, 0.25) is 0 Å². The predicted octanol–water partition coefficient (Wildman–Crippen LogP) is 1.95. The maximum atomic E-state index is 11.0. The zero-order valence-corrected chi connectivity index (χ0v) is 11.4. The zero-order valence-electron chi connectivity index (χ0n) is 11.4. The van der Waals surface area contributed by atoms with Gasteiger partial charge < -0.3 is 10.4 Å². The summed E-state index contributed by atoms with van der Waals surface area (Å²) in [6.45, 7) is 9.98. The summed E-state index contributed by atoms with van der Waals surface area (Å²) < 4.78 is 0. The van der Waals surface area contributed by atoms with E-state index in [-0.39, 0.29) is 11.0 Å². The van der Waals surface area contributed by atoms with Crippen LogP contribution in [-0.4, -0.2) is 27.6 Å². The highest BCUT2D eigenvalue weighted by molar-refractivity contribution is 5.88. The lowest BCUT2D eigenvalue weighted by Gasteiger charge is -2.29. The third-order valence-corrected chi connectivity index (χ3v) is 3.46. The minimum atomic E-state index is -0.990. The summed E-state index contributed by atoms with van der Waals surface area (Å²) in [4.78, 5) is 18.7. The molecule has 0 spiro atoms. The van der Waals surface area contributed by atoms with Crippen LogP contribution in [0.3, 0.4) is 0 Å². The number of aromatic nitrogens is 2. The van der Waals surface area contributed by atoms with Crippen molar-refractivity contribution in [1.29, 1.82) is 0 Å². The maximum Gasteiger partial charge on any atom is 0.339 e. The van der Waals surface area contributed by atoms with Gasteiger partial charge in [-0.3, -0.25) is 0 Å². The Kier molecular flexibility index (Phi) is 4.78. The summed E-state index contributed by atoms with van der Waals surface area (Å²) in [6, 6.07) is 0. The molecule has 18 heavy (non-hydrogen) atoms.